The number of nitrogens with one attached hydrogen (secondary N) is 2. The molecule has 7 heteroatoms. The summed E-state index contributed by atoms with van der Waals surface area (Å²) in [4.78, 5) is 18.1. The van der Waals surface area contributed by atoms with Gasteiger partial charge in [0.15, 0.2) is 0 Å². The van der Waals surface area contributed by atoms with Crippen molar-refractivity contribution < 1.29 is 8.42 Å². The molecule has 2 aromatic heterocycles. The van der Waals surface area contributed by atoms with Gasteiger partial charge in [-0.05, 0) is 35.4 Å². The van der Waals surface area contributed by atoms with Gasteiger partial charge in [0.2, 0.25) is 16.4 Å². The van der Waals surface area contributed by atoms with Crippen molar-refractivity contribution in [3.63, 3.8) is 0 Å². The van der Waals surface area contributed by atoms with Gasteiger partial charge in [-0.3, -0.25) is 9.52 Å². The molecule has 0 saturated carbocycles. The molecule has 0 bridgehead atoms. The smallest absolute Gasteiger partial charge is 0.249 e. The van der Waals surface area contributed by atoms with Crippen LogP contribution in [0.25, 0.3) is 22.2 Å². The van der Waals surface area contributed by atoms with Crippen LogP contribution >= 0.6 is 0 Å². The molecular weight excluding hydrogens is 290 g/mol. The van der Waals surface area contributed by atoms with E-state index in [1.165, 1.54) is 6.07 Å². The Hall–Kier alpha value is -2.67. The summed E-state index contributed by atoms with van der Waals surface area (Å²) in [6, 6.07) is 12.0. The molecule has 2 heterocycles. The molecule has 1 aromatic carbocycles. The van der Waals surface area contributed by atoms with Crippen molar-refractivity contribution in [2.75, 3.05) is 4.72 Å². The Morgan fingerprint density at radius 2 is 1.76 bits per heavy atom. The van der Waals surface area contributed by atoms with Crippen LogP contribution in [0.2, 0.25) is 0 Å². The number of anilines is 1. The number of aromatic amines is 1. The summed E-state index contributed by atoms with van der Waals surface area (Å²) in [5.74, 6) is 0. The summed E-state index contributed by atoms with van der Waals surface area (Å²) in [5.41, 5.74) is 2.63. The van der Waals surface area contributed by atoms with Crippen molar-refractivity contribution in [3.05, 3.63) is 59.0 Å². The van der Waals surface area contributed by atoms with Crippen LogP contribution in [-0.2, 0) is 10.9 Å². The number of hydrogen-bond acceptors (Lipinski definition) is 4. The van der Waals surface area contributed by atoms with E-state index in [0.717, 1.165) is 16.5 Å². The molecule has 0 atom stereocenters. The minimum Gasteiger partial charge on any atom is -0.307 e. The van der Waals surface area contributed by atoms with E-state index in [0.29, 0.717) is 11.3 Å². The van der Waals surface area contributed by atoms with Gasteiger partial charge in [-0.25, -0.2) is 13.4 Å². The Bertz CT molecular complexity index is 922. The fraction of sp³-hybridized carbons (Fsp3) is 0. The number of hydrogen-bond donors (Lipinski definition) is 3. The highest BCUT2D eigenvalue weighted by molar-refractivity contribution is 7.73. The summed E-state index contributed by atoms with van der Waals surface area (Å²) in [6.07, 6.45) is 1.62. The minimum atomic E-state index is -2.67. The molecule has 0 aliphatic heterocycles. The van der Waals surface area contributed by atoms with Gasteiger partial charge in [0.25, 0.3) is 0 Å². The maximum Gasteiger partial charge on any atom is 0.249 e. The molecule has 3 aromatic rings. The third kappa shape index (κ3) is 2.77. The monoisotopic (exact) mass is 301 g/mol. The zero-order valence-electron chi connectivity index (χ0n) is 10.7. The number of H-pyrrole nitrogens is 1. The number of nitrogens with zero attached hydrogens (tertiary/aromatic N) is 1. The van der Waals surface area contributed by atoms with Crippen LogP contribution in [0.3, 0.4) is 0 Å². The van der Waals surface area contributed by atoms with E-state index in [1.54, 1.807) is 36.5 Å². The molecule has 0 unspecified atom stereocenters. The standard InChI is InChI=1S/C14H11N3O3S/c18-13-6-5-12-11(7-8-15-14(12)16-13)9-1-3-10(4-2-9)17-21(19)20/h1-8,21H,(H,15,16,18)(H,17,19,20). The molecule has 106 valence electrons. The van der Waals surface area contributed by atoms with Crippen LogP contribution in [0.4, 0.5) is 5.69 Å². The predicted octanol–water partition coefficient (Wildman–Crippen LogP) is 1.53. The number of thiol groups is 1. The van der Waals surface area contributed by atoms with Gasteiger partial charge in [0.05, 0.1) is 0 Å². The highest BCUT2D eigenvalue weighted by Crippen LogP contribution is 2.26. The van der Waals surface area contributed by atoms with E-state index < -0.39 is 10.9 Å². The number of fused-ring (bicyclic) bond motifs is 1. The van der Waals surface area contributed by atoms with Crippen LogP contribution < -0.4 is 10.3 Å². The lowest BCUT2D eigenvalue weighted by atomic mass is 10.0. The SMILES string of the molecule is O=c1ccc2c(-c3ccc(N[SH](=O)=O)cc3)ccnc2[nH]1. The Labute approximate surface area is 121 Å². The molecule has 0 radical (unpaired) electrons. The van der Waals surface area contributed by atoms with Crippen molar-refractivity contribution in [3.8, 4) is 11.1 Å². The quantitative estimate of drug-likeness (QED) is 0.640. The summed E-state index contributed by atoms with van der Waals surface area (Å²) < 4.78 is 23.6. The molecule has 3 rings (SSSR count). The molecule has 0 fully saturated rings. The van der Waals surface area contributed by atoms with Crippen LogP contribution in [0.15, 0.2) is 53.5 Å². The fourth-order valence-corrected chi connectivity index (χ4v) is 2.50. The number of benzene rings is 1. The normalized spacial score (nSPS) is 10.9. The van der Waals surface area contributed by atoms with E-state index >= 15 is 0 Å². The lowest BCUT2D eigenvalue weighted by Crippen LogP contribution is -2.03. The average molecular weight is 301 g/mol. The molecule has 21 heavy (non-hydrogen) atoms. The van der Waals surface area contributed by atoms with Crippen molar-refractivity contribution in [1.82, 2.24) is 9.97 Å². The maximum atomic E-state index is 11.3. The topological polar surface area (TPSA) is 91.9 Å². The van der Waals surface area contributed by atoms with E-state index in [2.05, 4.69) is 14.7 Å². The van der Waals surface area contributed by atoms with E-state index in [9.17, 15) is 13.2 Å². The summed E-state index contributed by atoms with van der Waals surface area (Å²) in [7, 11) is -2.67. The molecular formula is C14H11N3O3S. The highest BCUT2D eigenvalue weighted by atomic mass is 32.2. The van der Waals surface area contributed by atoms with Crippen molar-refractivity contribution in [1.29, 1.82) is 0 Å². The van der Waals surface area contributed by atoms with Crippen LogP contribution in [0, 0.1) is 0 Å². The van der Waals surface area contributed by atoms with Crippen LogP contribution in [-0.4, -0.2) is 18.4 Å². The highest BCUT2D eigenvalue weighted by Gasteiger charge is 2.05. The van der Waals surface area contributed by atoms with Gasteiger partial charge < -0.3 is 4.98 Å². The van der Waals surface area contributed by atoms with Crippen molar-refractivity contribution in [2.45, 2.75) is 0 Å². The third-order valence-corrected chi connectivity index (χ3v) is 3.49. The first kappa shape index (κ1) is 13.3. The Morgan fingerprint density at radius 3 is 2.48 bits per heavy atom. The van der Waals surface area contributed by atoms with Gasteiger partial charge in [-0.15, -0.1) is 0 Å². The predicted molar refractivity (Wildman–Crippen MR) is 81.7 cm³/mol. The number of pyridine rings is 2. The minimum absolute atomic E-state index is 0.203. The number of rotatable bonds is 3. The van der Waals surface area contributed by atoms with Crippen molar-refractivity contribution >= 4 is 27.6 Å². The first-order chi connectivity index (χ1) is 10.1. The van der Waals surface area contributed by atoms with Gasteiger partial charge in [0, 0.05) is 23.3 Å². The summed E-state index contributed by atoms with van der Waals surface area (Å²) in [5, 5.41) is 0.827. The molecule has 6 nitrogen and oxygen atoms in total. The molecule has 0 saturated heterocycles. The average Bonchev–Trinajstić information content (AvgIpc) is 2.46. The van der Waals surface area contributed by atoms with E-state index in [-0.39, 0.29) is 5.56 Å². The first-order valence-electron chi connectivity index (χ1n) is 6.13. The second-order valence-electron chi connectivity index (χ2n) is 4.39. The second-order valence-corrected chi connectivity index (χ2v) is 5.13. The largest absolute Gasteiger partial charge is 0.307 e. The molecule has 0 aliphatic rings. The van der Waals surface area contributed by atoms with E-state index in [4.69, 9.17) is 0 Å². The zero-order valence-corrected chi connectivity index (χ0v) is 11.6. The Kier molecular flexibility index (Phi) is 3.41. The van der Waals surface area contributed by atoms with Gasteiger partial charge in [-0.1, -0.05) is 12.1 Å². The molecule has 0 amide bonds. The third-order valence-electron chi connectivity index (χ3n) is 3.05. The number of aromatic nitrogens is 2. The van der Waals surface area contributed by atoms with Gasteiger partial charge >= 0.3 is 0 Å². The van der Waals surface area contributed by atoms with Gasteiger partial charge in [0.1, 0.15) is 5.65 Å². The summed E-state index contributed by atoms with van der Waals surface area (Å²) in [6.45, 7) is 0. The lowest BCUT2D eigenvalue weighted by Gasteiger charge is -2.07. The fourth-order valence-electron chi connectivity index (χ4n) is 2.14. The van der Waals surface area contributed by atoms with Crippen LogP contribution in [0.1, 0.15) is 0 Å². The summed E-state index contributed by atoms with van der Waals surface area (Å²) >= 11 is 0. The Balaban J connectivity index is 2.10. The molecule has 0 spiro atoms. The lowest BCUT2D eigenvalue weighted by molar-refractivity contribution is 0.619. The van der Waals surface area contributed by atoms with Crippen LogP contribution in [0.5, 0.6) is 0 Å². The van der Waals surface area contributed by atoms with Crippen molar-refractivity contribution in [2.24, 2.45) is 0 Å². The Morgan fingerprint density at radius 1 is 1.00 bits per heavy atom. The van der Waals surface area contributed by atoms with Gasteiger partial charge in [-0.2, -0.15) is 0 Å². The van der Waals surface area contributed by atoms with E-state index in [1.807, 2.05) is 6.07 Å². The maximum absolute atomic E-state index is 11.3. The second kappa shape index (κ2) is 5.37. The zero-order chi connectivity index (χ0) is 14.8. The molecule has 2 N–H and O–H groups in total. The first-order valence-corrected chi connectivity index (χ1v) is 7.31. The molecule has 0 aliphatic carbocycles.